The predicted molar refractivity (Wildman–Crippen MR) is 63.9 cm³/mol. The van der Waals surface area contributed by atoms with Gasteiger partial charge in [0.25, 0.3) is 0 Å². The number of aryl methyl sites for hydroxylation is 1. The van der Waals surface area contributed by atoms with Crippen molar-refractivity contribution in [1.82, 2.24) is 0 Å². The van der Waals surface area contributed by atoms with E-state index in [0.29, 0.717) is 11.8 Å². The third kappa shape index (κ3) is 1.73. The topological polar surface area (TPSA) is 13.1 Å². The van der Waals surface area contributed by atoms with E-state index in [1.54, 1.807) is 0 Å². The van der Waals surface area contributed by atoms with Crippen molar-refractivity contribution in [2.45, 2.75) is 24.2 Å². The average molecular weight is 250 g/mol. The van der Waals surface area contributed by atoms with Crippen LogP contribution < -0.4 is 4.40 Å². The Kier molecular flexibility index (Phi) is 1.94. The van der Waals surface area contributed by atoms with E-state index >= 15 is 0 Å². The van der Waals surface area contributed by atoms with Crippen molar-refractivity contribution in [1.29, 1.82) is 0 Å². The molecule has 0 aliphatic carbocycles. The molecule has 1 aromatic heterocycles. The van der Waals surface area contributed by atoms with E-state index < -0.39 is 13.3 Å². The van der Waals surface area contributed by atoms with Gasteiger partial charge in [-0.2, -0.15) is 0 Å². The van der Waals surface area contributed by atoms with E-state index in [-0.39, 0.29) is 0 Å². The fraction of sp³-hybridized carbons (Fsp3) is 0.333. The van der Waals surface area contributed by atoms with Crippen molar-refractivity contribution < 1.29 is 5.79 Å². The van der Waals surface area contributed by atoms with E-state index in [4.69, 9.17) is 5.79 Å². The number of furan rings is 1. The summed E-state index contributed by atoms with van der Waals surface area (Å²) in [5.74, 6) is 7.79. The van der Waals surface area contributed by atoms with Crippen LogP contribution in [0.4, 0.5) is 0 Å². The first kappa shape index (κ1) is 8.60. The Hall–Kier alpha value is -0.697. The van der Waals surface area contributed by atoms with Crippen LogP contribution in [0.25, 0.3) is 11.0 Å². The molecule has 2 rings (SSSR count). The Labute approximate surface area is 88.9 Å². The molecule has 0 saturated heterocycles. The maximum atomic E-state index is 7.82. The van der Waals surface area contributed by atoms with Crippen molar-refractivity contribution in [2.75, 3.05) is 0 Å². The van der Waals surface area contributed by atoms with Gasteiger partial charge in [-0.25, -0.2) is 0 Å². The average Bonchev–Trinajstić information content (AvgIpc) is 2.41. The number of benzene rings is 1. The molecule has 1 heterocycles. The quantitative estimate of drug-likeness (QED) is 0.707. The fourth-order valence-corrected chi connectivity index (χ4v) is 3.96. The minimum absolute atomic E-state index is 0.526. The Balaban J connectivity index is 2.67. The van der Waals surface area contributed by atoms with E-state index in [1.807, 2.05) is 13.0 Å². The molecule has 0 amide bonds. The molecule has 2 aromatic rings. The number of hydrogen-bond donors (Lipinski definition) is 0. The summed E-state index contributed by atoms with van der Waals surface area (Å²) in [6, 6.07) is 6.84. The van der Waals surface area contributed by atoms with Gasteiger partial charge in [-0.15, -0.1) is 0 Å². The first-order valence-electron chi connectivity index (χ1n) is 5.40. The van der Waals surface area contributed by atoms with Gasteiger partial charge in [-0.1, -0.05) is 0 Å². The third-order valence-electron chi connectivity index (χ3n) is 2.42. The zero-order chi connectivity index (χ0) is 11.2. The molecule has 0 spiro atoms. The van der Waals surface area contributed by atoms with Crippen LogP contribution in [0, 0.1) is 6.92 Å². The van der Waals surface area contributed by atoms with Crippen molar-refractivity contribution in [3.63, 3.8) is 0 Å². The zero-order valence-corrected chi connectivity index (χ0v) is 11.2. The van der Waals surface area contributed by atoms with Gasteiger partial charge < -0.3 is 0 Å². The second-order valence-corrected chi connectivity index (χ2v) is 15.4. The van der Waals surface area contributed by atoms with E-state index in [2.05, 4.69) is 29.4 Å². The Morgan fingerprint density at radius 1 is 1.29 bits per heavy atom. The summed E-state index contributed by atoms with van der Waals surface area (Å²) in [4.78, 5) is 0. The van der Waals surface area contributed by atoms with Crippen molar-refractivity contribution in [3.8, 4) is 0 Å². The van der Waals surface area contributed by atoms with Gasteiger partial charge in [-0.05, 0) is 0 Å². The molecule has 14 heavy (non-hydrogen) atoms. The molecular weight excluding hydrogens is 233 g/mol. The summed E-state index contributed by atoms with van der Waals surface area (Å²) < 4.78 is 14.8. The predicted octanol–water partition coefficient (Wildman–Crippen LogP) is 3.29. The molecule has 0 radical (unpaired) electrons. The molecule has 0 aliphatic rings. The van der Waals surface area contributed by atoms with Crippen molar-refractivity contribution in [3.05, 3.63) is 30.0 Å². The number of fused-ring (bicyclic) bond motifs is 1. The van der Waals surface area contributed by atoms with Gasteiger partial charge in [0.05, 0.1) is 0 Å². The van der Waals surface area contributed by atoms with Gasteiger partial charge in [0.1, 0.15) is 0 Å². The normalized spacial score (nSPS) is 13.3. The molecule has 0 unspecified atom stereocenters. The van der Waals surface area contributed by atoms with Crippen LogP contribution >= 0.6 is 0 Å². The molecule has 0 N–H and O–H groups in total. The first-order valence-corrected chi connectivity index (χ1v) is 12.2. The van der Waals surface area contributed by atoms with Gasteiger partial charge >= 0.3 is 88.6 Å². The minimum atomic E-state index is -1.77. The molecular formula is C12H16GeO. The Bertz CT molecular complexity index is 508. The molecule has 1 nitrogen and oxygen atoms in total. The molecule has 0 saturated carbocycles. The van der Waals surface area contributed by atoms with Crippen LogP contribution in [0.15, 0.2) is 28.7 Å². The Morgan fingerprint density at radius 3 is 2.64 bits per heavy atom. The molecule has 0 aliphatic heterocycles. The number of rotatable bonds is 1. The standard InChI is InChI=1S/C12H16GeO/c1-9-7-10-5-6-11(13(2,3)4)8-12(10)14-9/h5-8H,1-4H3/i7D. The third-order valence-corrected chi connectivity index (χ3v) is 6.71. The summed E-state index contributed by atoms with van der Waals surface area (Å²) in [6.45, 7) is 1.85. The van der Waals surface area contributed by atoms with Crippen molar-refractivity contribution >= 4 is 28.6 Å². The monoisotopic (exact) mass is 251 g/mol. The summed E-state index contributed by atoms with van der Waals surface area (Å²) in [6.07, 6.45) is 0. The van der Waals surface area contributed by atoms with Crippen LogP contribution in [0.1, 0.15) is 7.13 Å². The molecule has 2 heteroatoms. The van der Waals surface area contributed by atoms with Crippen LogP contribution in [-0.4, -0.2) is 13.3 Å². The van der Waals surface area contributed by atoms with Crippen LogP contribution in [-0.2, 0) is 0 Å². The van der Waals surface area contributed by atoms with Crippen LogP contribution in [0.3, 0.4) is 0 Å². The second kappa shape index (κ2) is 3.16. The van der Waals surface area contributed by atoms with Crippen LogP contribution in [0.5, 0.6) is 0 Å². The summed E-state index contributed by atoms with van der Waals surface area (Å²) in [7, 11) is 0. The summed E-state index contributed by atoms with van der Waals surface area (Å²) in [5.41, 5.74) is 0.871. The summed E-state index contributed by atoms with van der Waals surface area (Å²) >= 11 is -1.77. The van der Waals surface area contributed by atoms with E-state index in [9.17, 15) is 0 Å². The SMILES string of the molecule is [2H]c1c(C)oc2c[c]([Ge]([CH3])([CH3])[CH3])ccc12. The molecule has 0 atom stereocenters. The van der Waals surface area contributed by atoms with Gasteiger partial charge in [0, 0.05) is 0 Å². The molecule has 74 valence electrons. The fourth-order valence-electron chi connectivity index (χ4n) is 1.56. The molecule has 1 aromatic carbocycles. The van der Waals surface area contributed by atoms with Gasteiger partial charge in [0.15, 0.2) is 0 Å². The van der Waals surface area contributed by atoms with Gasteiger partial charge in [-0.3, -0.25) is 0 Å². The zero-order valence-electron chi connectivity index (χ0n) is 10.1. The van der Waals surface area contributed by atoms with Gasteiger partial charge in [0.2, 0.25) is 0 Å². The number of hydrogen-bond acceptors (Lipinski definition) is 1. The second-order valence-electron chi connectivity index (χ2n) is 4.74. The molecule has 0 fully saturated rings. The van der Waals surface area contributed by atoms with Crippen LogP contribution in [0.2, 0.25) is 17.3 Å². The first-order chi connectivity index (χ1) is 6.89. The Morgan fingerprint density at radius 2 is 2.00 bits per heavy atom. The van der Waals surface area contributed by atoms with Crippen molar-refractivity contribution in [2.24, 2.45) is 0 Å². The van der Waals surface area contributed by atoms with E-state index in [1.165, 1.54) is 4.40 Å². The molecule has 0 bridgehead atoms. The maximum absolute atomic E-state index is 7.82. The van der Waals surface area contributed by atoms with E-state index in [0.717, 1.165) is 11.0 Å². The summed E-state index contributed by atoms with van der Waals surface area (Å²) in [5, 5.41) is 0.933.